The monoisotopic (exact) mass is 394 g/mol. The molecule has 1 atom stereocenters. The van der Waals surface area contributed by atoms with E-state index in [9.17, 15) is 4.79 Å². The second kappa shape index (κ2) is 8.51. The Bertz CT molecular complexity index is 925. The lowest BCUT2D eigenvalue weighted by Gasteiger charge is -2.28. The lowest BCUT2D eigenvalue weighted by atomic mass is 10.0. The first-order valence-corrected chi connectivity index (χ1v) is 10.1. The molecule has 1 aromatic carbocycles. The zero-order valence-electron chi connectivity index (χ0n) is 16.8. The number of anilines is 1. The van der Waals surface area contributed by atoms with Crippen LogP contribution in [0.5, 0.6) is 0 Å². The Morgan fingerprint density at radius 1 is 1.10 bits per heavy atom. The summed E-state index contributed by atoms with van der Waals surface area (Å²) >= 11 is 0. The number of furan rings is 1. The van der Waals surface area contributed by atoms with E-state index < -0.39 is 6.04 Å². The third-order valence-corrected chi connectivity index (χ3v) is 5.25. The first-order chi connectivity index (χ1) is 14.1. The highest BCUT2D eigenvalue weighted by Crippen LogP contribution is 2.26. The molecule has 1 aliphatic rings. The molecule has 0 unspecified atom stereocenters. The number of benzene rings is 1. The Hall–Kier alpha value is -3.09. The van der Waals surface area contributed by atoms with Crippen molar-refractivity contribution in [1.29, 1.82) is 0 Å². The number of carbonyl (C=O) groups excluding carboxylic acids is 1. The van der Waals surface area contributed by atoms with Crippen molar-refractivity contribution in [3.05, 3.63) is 54.3 Å². The molecule has 0 spiro atoms. The summed E-state index contributed by atoms with van der Waals surface area (Å²) in [6.45, 7) is 6.20. The molecule has 0 radical (unpaired) electrons. The minimum absolute atomic E-state index is 0.0729. The van der Waals surface area contributed by atoms with Gasteiger partial charge < -0.3 is 19.2 Å². The summed E-state index contributed by atoms with van der Waals surface area (Å²) < 4.78 is 10.7. The van der Waals surface area contributed by atoms with Gasteiger partial charge in [-0.15, -0.1) is 0 Å². The fraction of sp³-hybridized carbons (Fsp3) is 0.409. The Kier molecular flexibility index (Phi) is 5.64. The first-order valence-electron chi connectivity index (χ1n) is 10.1. The second-order valence-electron chi connectivity index (χ2n) is 7.72. The van der Waals surface area contributed by atoms with Gasteiger partial charge in [-0.1, -0.05) is 19.0 Å². The summed E-state index contributed by atoms with van der Waals surface area (Å²) in [6.07, 6.45) is 5.28. The normalized spacial score (nSPS) is 15.5. The molecule has 29 heavy (non-hydrogen) atoms. The van der Waals surface area contributed by atoms with E-state index in [1.807, 2.05) is 26.0 Å². The summed E-state index contributed by atoms with van der Waals surface area (Å²) in [5.74, 6) is 0.921. The molecule has 152 valence electrons. The lowest BCUT2D eigenvalue weighted by Crippen LogP contribution is -2.31. The summed E-state index contributed by atoms with van der Waals surface area (Å²) in [7, 11) is 0. The number of nitrogens with one attached hydrogen (secondary N) is 1. The quantitative estimate of drug-likeness (QED) is 0.665. The molecule has 0 aliphatic carbocycles. The van der Waals surface area contributed by atoms with Crippen molar-refractivity contribution in [3.63, 3.8) is 0 Å². The van der Waals surface area contributed by atoms with Crippen LogP contribution in [0.2, 0.25) is 0 Å². The predicted molar refractivity (Wildman–Crippen MR) is 110 cm³/mol. The molecule has 1 aliphatic heterocycles. The molecule has 1 fully saturated rings. The average molecular weight is 394 g/mol. The largest absolute Gasteiger partial charge is 0.459 e. The molecule has 7 heteroatoms. The number of aromatic nitrogens is 2. The van der Waals surface area contributed by atoms with Crippen LogP contribution in [0.1, 0.15) is 55.6 Å². The van der Waals surface area contributed by atoms with E-state index in [1.165, 1.54) is 31.2 Å². The van der Waals surface area contributed by atoms with Gasteiger partial charge in [0.2, 0.25) is 11.7 Å². The zero-order valence-corrected chi connectivity index (χ0v) is 16.8. The summed E-state index contributed by atoms with van der Waals surface area (Å²) in [5.41, 5.74) is 2.11. The zero-order chi connectivity index (χ0) is 20.2. The fourth-order valence-corrected chi connectivity index (χ4v) is 3.59. The molecule has 1 saturated heterocycles. The molecule has 7 nitrogen and oxygen atoms in total. The lowest BCUT2D eigenvalue weighted by molar-refractivity contribution is 0.0885. The number of amides is 1. The van der Waals surface area contributed by atoms with E-state index in [1.54, 1.807) is 12.1 Å². The van der Waals surface area contributed by atoms with E-state index in [0.717, 1.165) is 18.7 Å². The molecule has 1 N–H and O–H groups in total. The van der Waals surface area contributed by atoms with E-state index >= 15 is 0 Å². The van der Waals surface area contributed by atoms with Crippen molar-refractivity contribution in [2.45, 2.75) is 39.2 Å². The third-order valence-electron chi connectivity index (χ3n) is 5.25. The van der Waals surface area contributed by atoms with Crippen molar-refractivity contribution < 1.29 is 13.7 Å². The maximum atomic E-state index is 12.4. The number of rotatable bonds is 6. The molecular weight excluding hydrogens is 368 g/mol. The van der Waals surface area contributed by atoms with Crippen LogP contribution in [0.4, 0.5) is 5.69 Å². The number of carbonyl (C=O) groups is 1. The van der Waals surface area contributed by atoms with Crippen LogP contribution in [-0.2, 0) is 0 Å². The van der Waals surface area contributed by atoms with Crippen molar-refractivity contribution >= 4 is 11.6 Å². The number of hydrogen-bond donors (Lipinski definition) is 1. The number of nitrogens with zero attached hydrogens (tertiary/aromatic N) is 3. The molecule has 4 rings (SSSR count). The van der Waals surface area contributed by atoms with Gasteiger partial charge in [0.05, 0.1) is 6.26 Å². The average Bonchev–Trinajstić information content (AvgIpc) is 3.45. The first kappa shape index (κ1) is 19.2. The minimum Gasteiger partial charge on any atom is -0.459 e. The third kappa shape index (κ3) is 4.34. The molecule has 0 bridgehead atoms. The van der Waals surface area contributed by atoms with Crippen molar-refractivity contribution in [3.8, 4) is 11.4 Å². The van der Waals surface area contributed by atoms with Crippen LogP contribution < -0.4 is 10.2 Å². The van der Waals surface area contributed by atoms with Crippen molar-refractivity contribution in [2.24, 2.45) is 5.92 Å². The fourth-order valence-electron chi connectivity index (χ4n) is 3.59. The van der Waals surface area contributed by atoms with E-state index in [2.05, 4.69) is 32.5 Å². The van der Waals surface area contributed by atoms with Gasteiger partial charge in [-0.2, -0.15) is 4.98 Å². The van der Waals surface area contributed by atoms with Crippen LogP contribution in [0.3, 0.4) is 0 Å². The number of hydrogen-bond acceptors (Lipinski definition) is 6. The summed E-state index contributed by atoms with van der Waals surface area (Å²) in [6, 6.07) is 11.1. The Morgan fingerprint density at radius 3 is 2.52 bits per heavy atom. The molecule has 3 heterocycles. The maximum Gasteiger partial charge on any atom is 0.287 e. The molecular formula is C22H26N4O3. The van der Waals surface area contributed by atoms with Gasteiger partial charge in [0.25, 0.3) is 5.91 Å². The van der Waals surface area contributed by atoms with Gasteiger partial charge in [0.15, 0.2) is 5.76 Å². The smallest absolute Gasteiger partial charge is 0.287 e. The van der Waals surface area contributed by atoms with Gasteiger partial charge in [-0.3, -0.25) is 4.79 Å². The minimum atomic E-state index is -0.401. The second-order valence-corrected chi connectivity index (χ2v) is 7.72. The van der Waals surface area contributed by atoms with Gasteiger partial charge >= 0.3 is 0 Å². The van der Waals surface area contributed by atoms with E-state index in [-0.39, 0.29) is 17.6 Å². The highest BCUT2D eigenvalue weighted by molar-refractivity contribution is 5.91. The van der Waals surface area contributed by atoms with Crippen LogP contribution >= 0.6 is 0 Å². The Morgan fingerprint density at radius 2 is 1.86 bits per heavy atom. The standard InChI is InChI=1S/C22H26N4O3/c1-15(2)19(23-21(27)18-7-6-14-28-18)22-24-20(25-29-22)16-8-10-17(11-9-16)26-12-4-3-5-13-26/h6-11,14-15,19H,3-5,12-13H2,1-2H3,(H,23,27)/t19-/m0/s1. The molecule has 3 aromatic rings. The molecule has 2 aromatic heterocycles. The topological polar surface area (TPSA) is 84.4 Å². The van der Waals surface area contributed by atoms with Crippen LogP contribution in [-0.4, -0.2) is 29.1 Å². The summed E-state index contributed by atoms with van der Waals surface area (Å²) in [5, 5.41) is 7.04. The van der Waals surface area contributed by atoms with Crippen LogP contribution in [0.15, 0.2) is 51.6 Å². The number of piperidine rings is 1. The maximum absolute atomic E-state index is 12.4. The molecule has 0 saturated carbocycles. The van der Waals surface area contributed by atoms with E-state index in [0.29, 0.717) is 11.7 Å². The van der Waals surface area contributed by atoms with E-state index in [4.69, 9.17) is 8.94 Å². The van der Waals surface area contributed by atoms with Crippen LogP contribution in [0.25, 0.3) is 11.4 Å². The Balaban J connectivity index is 1.49. The van der Waals surface area contributed by atoms with Gasteiger partial charge in [0, 0.05) is 24.3 Å². The van der Waals surface area contributed by atoms with Crippen molar-refractivity contribution in [2.75, 3.05) is 18.0 Å². The molecule has 1 amide bonds. The highest BCUT2D eigenvalue weighted by Gasteiger charge is 2.26. The van der Waals surface area contributed by atoms with Crippen LogP contribution in [0, 0.1) is 5.92 Å². The summed E-state index contributed by atoms with van der Waals surface area (Å²) in [4.78, 5) is 19.3. The van der Waals surface area contributed by atoms with Gasteiger partial charge in [-0.05, 0) is 61.6 Å². The highest BCUT2D eigenvalue weighted by atomic mass is 16.5. The Labute approximate surface area is 170 Å². The van der Waals surface area contributed by atoms with Crippen molar-refractivity contribution in [1.82, 2.24) is 15.5 Å². The SMILES string of the molecule is CC(C)[C@H](NC(=O)c1ccco1)c1nc(-c2ccc(N3CCCCC3)cc2)no1. The predicted octanol–water partition coefficient (Wildman–Crippen LogP) is 4.45. The van der Waals surface area contributed by atoms with Gasteiger partial charge in [-0.25, -0.2) is 0 Å². The van der Waals surface area contributed by atoms with Gasteiger partial charge in [0.1, 0.15) is 6.04 Å².